The first-order valence-electron chi connectivity index (χ1n) is 6.97. The maximum Gasteiger partial charge on any atom is 0.267 e. The molecule has 116 valence electrons. The highest BCUT2D eigenvalue weighted by molar-refractivity contribution is 8.26. The lowest BCUT2D eigenvalue weighted by atomic mass is 10.2. The molecule has 4 nitrogen and oxygen atoms in total. The Bertz CT molecular complexity index is 758. The van der Waals surface area contributed by atoms with Crippen molar-refractivity contribution in [3.63, 3.8) is 0 Å². The molecule has 2 aromatic rings. The number of phenols is 1. The van der Waals surface area contributed by atoms with Gasteiger partial charge in [-0.05, 0) is 35.9 Å². The quantitative estimate of drug-likeness (QED) is 0.656. The predicted octanol–water partition coefficient (Wildman–Crippen LogP) is 3.66. The average Bonchev–Trinajstić information content (AvgIpc) is 2.82. The number of thioether (sulfide) groups is 1. The molecule has 0 spiro atoms. The number of rotatable bonds is 4. The van der Waals surface area contributed by atoms with Gasteiger partial charge >= 0.3 is 0 Å². The summed E-state index contributed by atoms with van der Waals surface area (Å²) in [5.41, 5.74) is 1.78. The molecule has 2 N–H and O–H groups in total. The van der Waals surface area contributed by atoms with Crippen LogP contribution in [0.4, 0.5) is 5.69 Å². The van der Waals surface area contributed by atoms with Crippen molar-refractivity contribution >= 4 is 46.0 Å². The summed E-state index contributed by atoms with van der Waals surface area (Å²) in [6, 6.07) is 16.3. The van der Waals surface area contributed by atoms with Crippen LogP contribution in [-0.4, -0.2) is 26.9 Å². The summed E-state index contributed by atoms with van der Waals surface area (Å²) >= 11 is 6.58. The van der Waals surface area contributed by atoms with E-state index in [4.69, 9.17) is 12.2 Å². The molecule has 6 heteroatoms. The first-order valence-corrected chi connectivity index (χ1v) is 8.19. The third kappa shape index (κ3) is 3.72. The summed E-state index contributed by atoms with van der Waals surface area (Å²) in [7, 11) is 0. The topological polar surface area (TPSA) is 52.6 Å². The normalized spacial score (nSPS) is 16.2. The number of hydrogen-bond donors (Lipinski definition) is 2. The largest absolute Gasteiger partial charge is 0.508 e. The van der Waals surface area contributed by atoms with E-state index in [2.05, 4.69) is 5.32 Å². The van der Waals surface area contributed by atoms with E-state index >= 15 is 0 Å². The van der Waals surface area contributed by atoms with Gasteiger partial charge in [0, 0.05) is 5.69 Å². The first kappa shape index (κ1) is 15.6. The van der Waals surface area contributed by atoms with E-state index in [9.17, 15) is 9.90 Å². The molecule has 0 atom stereocenters. The zero-order valence-electron chi connectivity index (χ0n) is 12.1. The monoisotopic (exact) mass is 342 g/mol. The zero-order chi connectivity index (χ0) is 16.2. The van der Waals surface area contributed by atoms with Crippen LogP contribution in [0.25, 0.3) is 6.08 Å². The number of anilines is 1. The van der Waals surface area contributed by atoms with E-state index in [1.165, 1.54) is 11.8 Å². The summed E-state index contributed by atoms with van der Waals surface area (Å²) in [6.45, 7) is 0.335. The van der Waals surface area contributed by atoms with Crippen LogP contribution in [0.3, 0.4) is 0 Å². The predicted molar refractivity (Wildman–Crippen MR) is 98.1 cm³/mol. The Kier molecular flexibility index (Phi) is 4.64. The van der Waals surface area contributed by atoms with Gasteiger partial charge in [-0.1, -0.05) is 54.3 Å². The number of carbonyl (C=O) groups is 1. The molecular formula is C17H14N2O2S2. The van der Waals surface area contributed by atoms with Crippen LogP contribution >= 0.6 is 24.0 Å². The summed E-state index contributed by atoms with van der Waals surface area (Å²) in [4.78, 5) is 14.6. The molecule has 0 bridgehead atoms. The lowest BCUT2D eigenvalue weighted by molar-refractivity contribution is -0.121. The first-order chi connectivity index (χ1) is 11.1. The second-order valence-corrected chi connectivity index (χ2v) is 6.58. The van der Waals surface area contributed by atoms with Gasteiger partial charge in [-0.2, -0.15) is 0 Å². The Labute approximate surface area is 143 Å². The third-order valence-electron chi connectivity index (χ3n) is 3.28. The lowest BCUT2D eigenvalue weighted by Crippen LogP contribution is -2.33. The standard InChI is InChI=1S/C17H14N2O2S2/c20-14-8-6-12(7-9-14)10-15-16(21)19(17(22)23-15)11-18-13-4-2-1-3-5-13/h1-10,18,20H,11H2/b15-10-. The number of hydrogen-bond acceptors (Lipinski definition) is 5. The van der Waals surface area contributed by atoms with Crippen LogP contribution < -0.4 is 5.32 Å². The van der Waals surface area contributed by atoms with E-state index in [0.29, 0.717) is 15.9 Å². The van der Waals surface area contributed by atoms with Gasteiger partial charge in [-0.15, -0.1) is 0 Å². The van der Waals surface area contributed by atoms with Gasteiger partial charge in [0.15, 0.2) is 0 Å². The molecule has 1 aliphatic heterocycles. The molecule has 0 saturated carbocycles. The smallest absolute Gasteiger partial charge is 0.267 e. The Hall–Kier alpha value is -2.31. The van der Waals surface area contributed by atoms with Crippen LogP contribution in [0.2, 0.25) is 0 Å². The number of carbonyl (C=O) groups excluding carboxylic acids is 1. The van der Waals surface area contributed by atoms with Crippen molar-refractivity contribution in [2.24, 2.45) is 0 Å². The molecule has 3 rings (SSSR count). The second-order valence-electron chi connectivity index (χ2n) is 4.90. The minimum absolute atomic E-state index is 0.114. The number of para-hydroxylation sites is 1. The highest BCUT2D eigenvalue weighted by Crippen LogP contribution is 2.32. The van der Waals surface area contributed by atoms with E-state index in [-0.39, 0.29) is 11.7 Å². The molecule has 23 heavy (non-hydrogen) atoms. The van der Waals surface area contributed by atoms with Gasteiger partial charge < -0.3 is 10.4 Å². The van der Waals surface area contributed by atoms with Crippen LogP contribution in [0.1, 0.15) is 5.56 Å². The molecule has 1 aliphatic rings. The van der Waals surface area contributed by atoms with E-state index < -0.39 is 0 Å². The maximum atomic E-state index is 12.5. The Morgan fingerprint density at radius 2 is 1.83 bits per heavy atom. The van der Waals surface area contributed by atoms with Gasteiger partial charge in [0.1, 0.15) is 10.1 Å². The fourth-order valence-corrected chi connectivity index (χ4v) is 3.34. The molecule has 0 radical (unpaired) electrons. The molecule has 1 amide bonds. The van der Waals surface area contributed by atoms with Crippen LogP contribution in [0.15, 0.2) is 59.5 Å². The minimum atomic E-state index is -0.114. The van der Waals surface area contributed by atoms with Gasteiger partial charge in [-0.25, -0.2) is 0 Å². The molecule has 0 aliphatic carbocycles. The van der Waals surface area contributed by atoms with Crippen molar-refractivity contribution in [2.75, 3.05) is 12.0 Å². The molecular weight excluding hydrogens is 328 g/mol. The molecule has 0 unspecified atom stereocenters. The summed E-state index contributed by atoms with van der Waals surface area (Å²) in [6.07, 6.45) is 1.78. The third-order valence-corrected chi connectivity index (χ3v) is 4.66. The fourth-order valence-electron chi connectivity index (χ4n) is 2.08. The van der Waals surface area contributed by atoms with Gasteiger partial charge in [0.2, 0.25) is 0 Å². The number of benzene rings is 2. The van der Waals surface area contributed by atoms with Crippen LogP contribution in [0.5, 0.6) is 5.75 Å². The van der Waals surface area contributed by atoms with Crippen molar-refractivity contribution in [3.8, 4) is 5.75 Å². The maximum absolute atomic E-state index is 12.5. The van der Waals surface area contributed by atoms with Crippen LogP contribution in [0, 0.1) is 0 Å². The summed E-state index contributed by atoms with van der Waals surface area (Å²) in [5, 5.41) is 12.5. The molecule has 2 aromatic carbocycles. The van der Waals surface area contributed by atoms with Crippen molar-refractivity contribution in [2.45, 2.75) is 0 Å². The molecule has 1 saturated heterocycles. The van der Waals surface area contributed by atoms with Gasteiger partial charge in [0.05, 0.1) is 11.6 Å². The zero-order valence-corrected chi connectivity index (χ0v) is 13.7. The van der Waals surface area contributed by atoms with Crippen molar-refractivity contribution in [1.29, 1.82) is 0 Å². The fraction of sp³-hybridized carbons (Fsp3) is 0.0588. The Balaban J connectivity index is 1.71. The van der Waals surface area contributed by atoms with Crippen LogP contribution in [-0.2, 0) is 4.79 Å². The number of thiocarbonyl (C=S) groups is 1. The molecule has 1 heterocycles. The number of nitrogens with one attached hydrogen (secondary N) is 1. The lowest BCUT2D eigenvalue weighted by Gasteiger charge is -2.16. The molecule has 0 aromatic heterocycles. The number of aromatic hydroxyl groups is 1. The Morgan fingerprint density at radius 3 is 2.52 bits per heavy atom. The van der Waals surface area contributed by atoms with E-state index in [1.807, 2.05) is 30.3 Å². The minimum Gasteiger partial charge on any atom is -0.508 e. The van der Waals surface area contributed by atoms with Crippen molar-refractivity contribution < 1.29 is 9.90 Å². The number of amides is 1. The van der Waals surface area contributed by atoms with Gasteiger partial charge in [-0.3, -0.25) is 9.69 Å². The summed E-state index contributed by atoms with van der Waals surface area (Å²) in [5.74, 6) is 0.0817. The SMILES string of the molecule is O=C1/C(=C/c2ccc(O)cc2)SC(=S)N1CNc1ccccc1. The van der Waals surface area contributed by atoms with Gasteiger partial charge in [0.25, 0.3) is 5.91 Å². The highest BCUT2D eigenvalue weighted by atomic mass is 32.2. The van der Waals surface area contributed by atoms with Crippen molar-refractivity contribution in [1.82, 2.24) is 4.90 Å². The average molecular weight is 342 g/mol. The van der Waals surface area contributed by atoms with E-state index in [0.717, 1.165) is 11.3 Å². The summed E-state index contributed by atoms with van der Waals surface area (Å²) < 4.78 is 0.531. The highest BCUT2D eigenvalue weighted by Gasteiger charge is 2.31. The number of phenolic OH excluding ortho intramolecular Hbond substituents is 1. The van der Waals surface area contributed by atoms with Crippen molar-refractivity contribution in [3.05, 3.63) is 65.1 Å². The second kappa shape index (κ2) is 6.85. The van der Waals surface area contributed by atoms with E-state index in [1.54, 1.807) is 35.2 Å². The Morgan fingerprint density at radius 1 is 1.13 bits per heavy atom. The number of nitrogens with zero attached hydrogens (tertiary/aromatic N) is 1. The molecule has 1 fully saturated rings.